The average molecular weight is 437 g/mol. The molecule has 0 aliphatic rings. The number of alkyl halides is 6. The summed E-state index contributed by atoms with van der Waals surface area (Å²) in [5, 5.41) is 9.04. The molecule has 0 amide bonds. The number of aliphatic hydroxyl groups excluding tert-OH is 1. The molecule has 0 spiro atoms. The van der Waals surface area contributed by atoms with Crippen molar-refractivity contribution >= 4 is 86.8 Å². The molecular weight excluding hydrogens is 425 g/mol. The molecule has 0 bridgehead atoms. The van der Waals surface area contributed by atoms with Gasteiger partial charge in [0.05, 0.1) is 18.0 Å². The summed E-state index contributed by atoms with van der Waals surface area (Å²) >= 11 is 34.8. The Labute approximate surface area is 164 Å². The highest BCUT2D eigenvalue weighted by atomic mass is 35.6. The van der Waals surface area contributed by atoms with E-state index in [0.29, 0.717) is 11.3 Å². The Balaban J connectivity index is 3.21. The molecule has 23 heavy (non-hydrogen) atoms. The van der Waals surface area contributed by atoms with Gasteiger partial charge in [0.1, 0.15) is 0 Å². The summed E-state index contributed by atoms with van der Waals surface area (Å²) < 4.78 is -3.67. The van der Waals surface area contributed by atoms with Crippen molar-refractivity contribution in [2.45, 2.75) is 21.1 Å². The van der Waals surface area contributed by atoms with Crippen LogP contribution in [0.1, 0.15) is 18.1 Å². The van der Waals surface area contributed by atoms with Crippen LogP contribution in [0.5, 0.6) is 0 Å². The van der Waals surface area contributed by atoms with E-state index in [1.54, 1.807) is 24.3 Å². The first-order chi connectivity index (χ1) is 10.4. The van der Waals surface area contributed by atoms with Crippen LogP contribution in [0.15, 0.2) is 40.8 Å². The fraction of sp³-hybridized carbons (Fsp3) is 0.286. The lowest BCUT2D eigenvalue weighted by atomic mass is 10.1. The molecule has 0 saturated heterocycles. The van der Waals surface area contributed by atoms with Gasteiger partial charge < -0.3 is 5.11 Å². The van der Waals surface area contributed by atoms with Crippen molar-refractivity contribution in [3.05, 3.63) is 42.0 Å². The number of benzene rings is 1. The Bertz CT molecular complexity index is 626. The molecule has 126 valence electrons. The van der Waals surface area contributed by atoms with Gasteiger partial charge in [-0.1, -0.05) is 100 Å². The molecule has 0 heterocycles. The number of amidine groups is 1. The van der Waals surface area contributed by atoms with Gasteiger partial charge in [0.25, 0.3) is 0 Å². The fourth-order valence-electron chi connectivity index (χ4n) is 1.37. The molecule has 1 rings (SSSR count). The molecule has 9 heteroatoms. The van der Waals surface area contributed by atoms with Crippen LogP contribution in [-0.4, -0.2) is 24.2 Å². The number of hydrogen-bond acceptors (Lipinski definition) is 2. The maximum Gasteiger partial charge on any atom is 0.250 e. The second-order valence-corrected chi connectivity index (χ2v) is 8.99. The number of aliphatic hydroxyl groups is 1. The normalized spacial score (nSPS) is 14.1. The molecule has 0 aromatic heterocycles. The van der Waals surface area contributed by atoms with Crippen LogP contribution in [0, 0.1) is 0 Å². The van der Waals surface area contributed by atoms with Gasteiger partial charge in [0.2, 0.25) is 7.59 Å². The zero-order chi connectivity index (χ0) is 17.8. The van der Waals surface area contributed by atoms with Gasteiger partial charge in [-0.2, -0.15) is 0 Å². The van der Waals surface area contributed by atoms with Crippen molar-refractivity contribution in [3.8, 4) is 0 Å². The van der Waals surface area contributed by atoms with E-state index in [1.165, 1.54) is 6.92 Å². The Kier molecular flexibility index (Phi) is 7.68. The van der Waals surface area contributed by atoms with E-state index >= 15 is 0 Å². The van der Waals surface area contributed by atoms with Crippen molar-refractivity contribution in [2.75, 3.05) is 0 Å². The number of rotatable bonds is 3. The third kappa shape index (κ3) is 6.79. The molecule has 1 aromatic carbocycles. The molecule has 0 saturated carbocycles. The third-order valence-corrected chi connectivity index (χ3v) is 3.98. The van der Waals surface area contributed by atoms with Crippen LogP contribution in [0.25, 0.3) is 5.70 Å². The zero-order valence-electron chi connectivity index (χ0n) is 11.8. The van der Waals surface area contributed by atoms with Gasteiger partial charge in [-0.05, 0) is 18.1 Å². The highest BCUT2D eigenvalue weighted by molar-refractivity contribution is 6.79. The molecule has 0 aliphatic carbocycles. The van der Waals surface area contributed by atoms with Crippen LogP contribution in [0.3, 0.4) is 0 Å². The van der Waals surface area contributed by atoms with Crippen LogP contribution < -0.4 is 0 Å². The first-order valence-electron chi connectivity index (χ1n) is 6.12. The Morgan fingerprint density at radius 3 is 1.91 bits per heavy atom. The summed E-state index contributed by atoms with van der Waals surface area (Å²) in [6.45, 7) is 5.21. The zero-order valence-corrected chi connectivity index (χ0v) is 16.4. The van der Waals surface area contributed by atoms with E-state index in [0.717, 1.165) is 5.56 Å². The highest BCUT2D eigenvalue weighted by Gasteiger charge is 2.32. The molecule has 0 unspecified atom stereocenters. The van der Waals surface area contributed by atoms with Crippen molar-refractivity contribution in [1.82, 2.24) is 0 Å². The van der Waals surface area contributed by atoms with Crippen molar-refractivity contribution in [2.24, 2.45) is 9.98 Å². The van der Waals surface area contributed by atoms with Crippen molar-refractivity contribution < 1.29 is 5.11 Å². The molecule has 0 atom stereocenters. The van der Waals surface area contributed by atoms with Gasteiger partial charge in [-0.3, -0.25) is 0 Å². The number of aliphatic imine (C=N–C) groups is 2. The average Bonchev–Trinajstić information content (AvgIpc) is 2.44. The first-order valence-corrected chi connectivity index (χ1v) is 8.39. The predicted octanol–water partition coefficient (Wildman–Crippen LogP) is 5.75. The summed E-state index contributed by atoms with van der Waals surface area (Å²) in [6, 6.07) is 6.89. The van der Waals surface area contributed by atoms with Crippen LogP contribution >= 0.6 is 69.6 Å². The first kappa shape index (κ1) is 21.0. The summed E-state index contributed by atoms with van der Waals surface area (Å²) in [4.78, 5) is 8.12. The Hall–Kier alpha value is -0.000000000000000167. The Morgan fingerprint density at radius 2 is 1.52 bits per heavy atom. The number of halogens is 6. The largest absolute Gasteiger partial charge is 0.392 e. The van der Waals surface area contributed by atoms with E-state index in [4.69, 9.17) is 74.7 Å². The summed E-state index contributed by atoms with van der Waals surface area (Å²) in [5.74, 6) is -0.178. The maximum atomic E-state index is 9.04. The van der Waals surface area contributed by atoms with Crippen LogP contribution in [0.4, 0.5) is 0 Å². The fourth-order valence-corrected chi connectivity index (χ4v) is 1.75. The van der Waals surface area contributed by atoms with E-state index in [9.17, 15) is 0 Å². The van der Waals surface area contributed by atoms with Gasteiger partial charge in [0, 0.05) is 0 Å². The third-order valence-electron chi connectivity index (χ3n) is 2.65. The minimum absolute atomic E-state index is 0.0673. The van der Waals surface area contributed by atoms with E-state index in [2.05, 4.69) is 16.6 Å². The predicted molar refractivity (Wildman–Crippen MR) is 103 cm³/mol. The highest BCUT2D eigenvalue weighted by Crippen LogP contribution is 2.33. The molecule has 0 aliphatic heterocycles. The molecule has 0 fully saturated rings. The lowest BCUT2D eigenvalue weighted by Crippen LogP contribution is -2.23. The monoisotopic (exact) mass is 434 g/mol. The van der Waals surface area contributed by atoms with Gasteiger partial charge in [0.15, 0.2) is 5.84 Å². The topological polar surface area (TPSA) is 45.0 Å². The minimum Gasteiger partial charge on any atom is -0.392 e. The van der Waals surface area contributed by atoms with Crippen molar-refractivity contribution in [1.29, 1.82) is 0 Å². The molecule has 1 N–H and O–H groups in total. The maximum absolute atomic E-state index is 9.04. The van der Waals surface area contributed by atoms with Crippen LogP contribution in [0.2, 0.25) is 0 Å². The SMILES string of the molecule is C=C(/N=C(\N=C(/C)C(Cl)(Cl)Cl)C(Cl)(Cl)Cl)c1ccc(CO)cc1. The number of nitrogens with zero attached hydrogens (tertiary/aromatic N) is 2. The standard InChI is InChI=1S/C14H12Cl6N2O/c1-8(11-5-3-10(7-23)4-6-11)21-12(14(18,19)20)22-9(2)13(15,16)17/h3-6,23H,1,7H2,2H3/b21-12-,22-9+. The Morgan fingerprint density at radius 1 is 1.00 bits per heavy atom. The molecular formula is C14H12Cl6N2O. The molecule has 0 radical (unpaired) electrons. The lowest BCUT2D eigenvalue weighted by Gasteiger charge is -2.15. The summed E-state index contributed by atoms with van der Waals surface area (Å²) in [7, 11) is 0. The van der Waals surface area contributed by atoms with E-state index in [1.807, 2.05) is 0 Å². The summed E-state index contributed by atoms with van der Waals surface area (Å²) in [6.07, 6.45) is 0. The van der Waals surface area contributed by atoms with Gasteiger partial charge >= 0.3 is 0 Å². The quantitative estimate of drug-likeness (QED) is 0.366. The lowest BCUT2D eigenvalue weighted by molar-refractivity contribution is 0.282. The van der Waals surface area contributed by atoms with Gasteiger partial charge in [-0.25, -0.2) is 9.98 Å². The van der Waals surface area contributed by atoms with E-state index in [-0.39, 0.29) is 18.2 Å². The smallest absolute Gasteiger partial charge is 0.250 e. The second-order valence-electron chi connectivity index (χ2n) is 4.43. The summed E-state index contributed by atoms with van der Waals surface area (Å²) in [5.41, 5.74) is 1.81. The molecule has 1 aromatic rings. The van der Waals surface area contributed by atoms with Crippen LogP contribution in [-0.2, 0) is 6.61 Å². The van der Waals surface area contributed by atoms with Gasteiger partial charge in [-0.15, -0.1) is 0 Å². The van der Waals surface area contributed by atoms with E-state index < -0.39 is 7.59 Å². The number of hydrogen-bond donors (Lipinski definition) is 1. The molecule has 3 nitrogen and oxygen atoms in total. The van der Waals surface area contributed by atoms with Crippen molar-refractivity contribution in [3.63, 3.8) is 0 Å². The minimum atomic E-state index is -1.93. The second kappa shape index (κ2) is 8.39.